The fourth-order valence-corrected chi connectivity index (χ4v) is 3.22. The number of nitrogen functional groups attached to an aromatic ring is 1. The zero-order valence-electron chi connectivity index (χ0n) is 19.0. The molecule has 4 rings (SSSR count). The Morgan fingerprint density at radius 3 is 2.71 bits per heavy atom. The van der Waals surface area contributed by atoms with Gasteiger partial charge in [-0.1, -0.05) is 6.07 Å². The number of rotatable bonds is 6. The molecule has 2 amide bonds. The van der Waals surface area contributed by atoms with E-state index in [0.29, 0.717) is 39.3 Å². The number of aromatic nitrogens is 2. The lowest BCUT2D eigenvalue weighted by Gasteiger charge is -2.13. The molecule has 8 nitrogen and oxygen atoms in total. The molecular weight excluding hydrogens is 394 g/mol. The van der Waals surface area contributed by atoms with Gasteiger partial charge in [0.15, 0.2) is 0 Å². The van der Waals surface area contributed by atoms with Crippen molar-refractivity contribution in [2.75, 3.05) is 30.6 Å². The zero-order valence-corrected chi connectivity index (χ0v) is 17.0. The molecule has 0 radical (unpaired) electrons. The lowest BCUT2D eigenvalue weighted by Crippen LogP contribution is -2.20. The summed E-state index contributed by atoms with van der Waals surface area (Å²) in [5, 5.41) is 6.26. The molecule has 0 aliphatic rings. The highest BCUT2D eigenvalue weighted by atomic mass is 16.5. The summed E-state index contributed by atoms with van der Waals surface area (Å²) in [5.74, 6) is 1.30. The van der Waals surface area contributed by atoms with Crippen molar-refractivity contribution >= 4 is 34.1 Å². The van der Waals surface area contributed by atoms with Crippen LogP contribution in [0.2, 0.25) is 0 Å². The summed E-state index contributed by atoms with van der Waals surface area (Å²) in [5.41, 5.74) is 7.69. The van der Waals surface area contributed by atoms with E-state index in [1.54, 1.807) is 54.7 Å². The first-order chi connectivity index (χ1) is 15.8. The maximum atomic E-state index is 12.7. The number of nitrogens with one attached hydrogen (secondary N) is 2. The van der Waals surface area contributed by atoms with Gasteiger partial charge in [0.2, 0.25) is 0 Å². The van der Waals surface area contributed by atoms with Crippen LogP contribution in [0.15, 0.2) is 67.0 Å². The maximum absolute atomic E-state index is 12.7. The lowest BCUT2D eigenvalue weighted by atomic mass is 10.2. The van der Waals surface area contributed by atoms with Gasteiger partial charge in [-0.05, 0) is 48.0 Å². The summed E-state index contributed by atoms with van der Waals surface area (Å²) in [6.45, 7) is -1.88. The van der Waals surface area contributed by atoms with Crippen molar-refractivity contribution in [3.8, 4) is 11.5 Å². The van der Waals surface area contributed by atoms with Crippen LogP contribution in [0.25, 0.3) is 10.9 Å². The SMILES string of the molecule is [2H]C([2H])(c1ccnc(N)c1)n1ccc2c(NC(=O)Nc3cc(OC)ccc3OC)cccc21. The van der Waals surface area contributed by atoms with Crippen LogP contribution in [0.4, 0.5) is 22.0 Å². The molecule has 2 heterocycles. The number of pyridine rings is 1. The third-order valence-electron chi connectivity index (χ3n) is 4.67. The van der Waals surface area contributed by atoms with Crippen LogP contribution in [0, 0.1) is 0 Å². The summed E-state index contributed by atoms with van der Waals surface area (Å²) in [6.07, 6.45) is 3.10. The molecule has 0 saturated heterocycles. The number of nitrogens with zero attached hydrogens (tertiary/aromatic N) is 2. The Kier molecular flexibility index (Phi) is 4.93. The first kappa shape index (κ1) is 17.6. The van der Waals surface area contributed by atoms with Crippen molar-refractivity contribution in [1.29, 1.82) is 0 Å². The largest absolute Gasteiger partial charge is 0.497 e. The number of hydrogen-bond acceptors (Lipinski definition) is 5. The molecule has 158 valence electrons. The van der Waals surface area contributed by atoms with Gasteiger partial charge in [-0.3, -0.25) is 0 Å². The fourth-order valence-electron chi connectivity index (χ4n) is 3.22. The number of methoxy groups -OCH3 is 2. The summed E-state index contributed by atoms with van der Waals surface area (Å²) in [4.78, 5) is 16.7. The van der Waals surface area contributed by atoms with E-state index in [4.69, 9.17) is 17.9 Å². The average molecular weight is 419 g/mol. The number of anilines is 3. The maximum Gasteiger partial charge on any atom is 0.323 e. The van der Waals surface area contributed by atoms with E-state index in [0.717, 1.165) is 0 Å². The van der Waals surface area contributed by atoms with E-state index >= 15 is 0 Å². The molecule has 0 aliphatic heterocycles. The number of hydrogen-bond donors (Lipinski definition) is 3. The quantitative estimate of drug-likeness (QED) is 0.432. The highest BCUT2D eigenvalue weighted by Crippen LogP contribution is 2.30. The van der Waals surface area contributed by atoms with Crippen molar-refractivity contribution in [2.45, 2.75) is 6.50 Å². The highest BCUT2D eigenvalue weighted by molar-refractivity contribution is 6.06. The van der Waals surface area contributed by atoms with Crippen molar-refractivity contribution < 1.29 is 17.0 Å². The van der Waals surface area contributed by atoms with Crippen LogP contribution in [0.1, 0.15) is 8.30 Å². The molecule has 0 atom stereocenters. The van der Waals surface area contributed by atoms with Crippen LogP contribution in [0.3, 0.4) is 0 Å². The molecule has 4 N–H and O–H groups in total. The molecule has 8 heteroatoms. The Labute approximate surface area is 182 Å². The number of benzene rings is 2. The molecule has 0 aliphatic carbocycles. The average Bonchev–Trinajstić information content (AvgIpc) is 3.25. The second-order valence-corrected chi connectivity index (χ2v) is 6.65. The molecule has 0 saturated carbocycles. The Bertz CT molecular complexity index is 1320. The van der Waals surface area contributed by atoms with E-state index in [-0.39, 0.29) is 5.82 Å². The van der Waals surface area contributed by atoms with E-state index in [1.807, 2.05) is 0 Å². The number of carbonyl (C=O) groups excluding carboxylic acids is 1. The summed E-state index contributed by atoms with van der Waals surface area (Å²) in [6, 6.07) is 14.7. The first-order valence-corrected chi connectivity index (χ1v) is 9.46. The second kappa shape index (κ2) is 8.66. The summed E-state index contributed by atoms with van der Waals surface area (Å²) < 4.78 is 29.3. The van der Waals surface area contributed by atoms with Gasteiger partial charge in [0.05, 0.1) is 33.9 Å². The molecule has 0 fully saturated rings. The highest BCUT2D eigenvalue weighted by Gasteiger charge is 2.12. The van der Waals surface area contributed by atoms with Gasteiger partial charge in [-0.15, -0.1) is 0 Å². The summed E-state index contributed by atoms with van der Waals surface area (Å²) in [7, 11) is 3.05. The van der Waals surface area contributed by atoms with E-state index in [2.05, 4.69) is 15.6 Å². The van der Waals surface area contributed by atoms with Gasteiger partial charge in [0, 0.05) is 30.3 Å². The zero-order chi connectivity index (χ0) is 23.6. The number of fused-ring (bicyclic) bond motifs is 1. The van der Waals surface area contributed by atoms with Crippen molar-refractivity contribution in [2.24, 2.45) is 0 Å². The van der Waals surface area contributed by atoms with Gasteiger partial charge in [-0.25, -0.2) is 9.78 Å². The molecular formula is C23H23N5O3. The second-order valence-electron chi connectivity index (χ2n) is 6.65. The molecule has 31 heavy (non-hydrogen) atoms. The predicted molar refractivity (Wildman–Crippen MR) is 122 cm³/mol. The van der Waals surface area contributed by atoms with Crippen LogP contribution in [-0.4, -0.2) is 29.8 Å². The van der Waals surface area contributed by atoms with E-state index in [1.165, 1.54) is 31.0 Å². The minimum Gasteiger partial charge on any atom is -0.497 e. The van der Waals surface area contributed by atoms with Gasteiger partial charge in [-0.2, -0.15) is 0 Å². The fraction of sp³-hybridized carbons (Fsp3) is 0.130. The predicted octanol–water partition coefficient (Wildman–Crippen LogP) is 4.33. The van der Waals surface area contributed by atoms with Crippen molar-refractivity contribution in [1.82, 2.24) is 9.55 Å². The van der Waals surface area contributed by atoms with Crippen molar-refractivity contribution in [3.05, 3.63) is 72.6 Å². The smallest absolute Gasteiger partial charge is 0.323 e. The standard InChI is InChI=1S/C23H23N5O3/c1-30-16-6-7-21(31-2)19(13-16)27-23(29)26-18-4-3-5-20-17(18)9-11-28(20)14-15-8-10-25-22(24)12-15/h3-13H,14H2,1-2H3,(H2,24,25)(H2,26,27,29)/i14D2. The first-order valence-electron chi connectivity index (χ1n) is 10.5. The number of nitrogens with two attached hydrogens (primary N) is 1. The Morgan fingerprint density at radius 2 is 1.94 bits per heavy atom. The van der Waals surface area contributed by atoms with Crippen LogP contribution in [-0.2, 0) is 6.50 Å². The minimum atomic E-state index is -1.88. The van der Waals surface area contributed by atoms with Crippen molar-refractivity contribution in [3.63, 3.8) is 0 Å². The normalized spacial score (nSPS) is 12.1. The number of amides is 2. The molecule has 4 aromatic rings. The number of ether oxygens (including phenoxy) is 2. The summed E-state index contributed by atoms with van der Waals surface area (Å²) >= 11 is 0. The van der Waals surface area contributed by atoms with Crippen LogP contribution < -0.4 is 25.8 Å². The van der Waals surface area contributed by atoms with Crippen LogP contribution in [0.5, 0.6) is 11.5 Å². The Hall–Kier alpha value is -4.20. The third kappa shape index (κ3) is 4.37. The Morgan fingerprint density at radius 1 is 1.10 bits per heavy atom. The minimum absolute atomic E-state index is 0.236. The Balaban J connectivity index is 1.63. The van der Waals surface area contributed by atoms with E-state index < -0.39 is 12.5 Å². The number of urea groups is 1. The van der Waals surface area contributed by atoms with E-state index in [9.17, 15) is 4.79 Å². The van der Waals surface area contributed by atoms with Gasteiger partial charge < -0.3 is 30.4 Å². The van der Waals surface area contributed by atoms with Gasteiger partial charge >= 0.3 is 6.03 Å². The lowest BCUT2D eigenvalue weighted by molar-refractivity contribution is 0.262. The molecule has 2 aromatic carbocycles. The molecule has 2 aromatic heterocycles. The third-order valence-corrected chi connectivity index (χ3v) is 4.67. The number of carbonyl (C=O) groups is 1. The van der Waals surface area contributed by atoms with Crippen LogP contribution >= 0.6 is 0 Å². The topological polar surface area (TPSA) is 103 Å². The molecule has 0 spiro atoms. The monoisotopic (exact) mass is 419 g/mol. The van der Waals surface area contributed by atoms with Gasteiger partial charge in [0.25, 0.3) is 0 Å². The molecule has 0 unspecified atom stereocenters. The van der Waals surface area contributed by atoms with Gasteiger partial charge in [0.1, 0.15) is 17.3 Å². The molecule has 0 bridgehead atoms.